The topological polar surface area (TPSA) is 71.2 Å². The molecule has 3 aromatic carbocycles. The molecular formula is C26H19FN4O2. The molecule has 0 fully saturated rings. The predicted molar refractivity (Wildman–Crippen MR) is 120 cm³/mol. The van der Waals surface area contributed by atoms with E-state index in [1.807, 2.05) is 55.7 Å². The van der Waals surface area contributed by atoms with Crippen molar-refractivity contribution in [2.45, 2.75) is 13.1 Å². The first-order chi connectivity index (χ1) is 16.0. The van der Waals surface area contributed by atoms with Gasteiger partial charge in [-0.3, -0.25) is 9.48 Å². The Morgan fingerprint density at radius 1 is 1.09 bits per heavy atom. The van der Waals surface area contributed by atoms with Gasteiger partial charge in [-0.1, -0.05) is 42.5 Å². The van der Waals surface area contributed by atoms with Crippen LogP contribution in [0.15, 0.2) is 72.9 Å². The van der Waals surface area contributed by atoms with Crippen molar-refractivity contribution in [3.63, 3.8) is 0 Å². The first-order valence-electron chi connectivity index (χ1n) is 10.4. The SMILES string of the molecule is Cn1ccc(-c2ccc(CN3Cc4cccc(Oc5c(F)cccc5C#N)c4C3=O)cc2)n1. The van der Waals surface area contributed by atoms with E-state index in [-0.39, 0.29) is 23.0 Å². The van der Waals surface area contributed by atoms with E-state index in [1.54, 1.807) is 21.7 Å². The molecule has 6 nitrogen and oxygen atoms in total. The molecule has 1 amide bonds. The van der Waals surface area contributed by atoms with Crippen LogP contribution in [0, 0.1) is 17.1 Å². The third-order valence-corrected chi connectivity index (χ3v) is 5.61. The van der Waals surface area contributed by atoms with Gasteiger partial charge in [0.1, 0.15) is 11.8 Å². The fourth-order valence-electron chi connectivity index (χ4n) is 3.98. The smallest absolute Gasteiger partial charge is 0.258 e. The van der Waals surface area contributed by atoms with E-state index < -0.39 is 5.82 Å². The van der Waals surface area contributed by atoms with Crippen LogP contribution in [0.25, 0.3) is 11.3 Å². The lowest BCUT2D eigenvalue weighted by atomic mass is 10.1. The number of rotatable bonds is 5. The number of benzene rings is 3. The summed E-state index contributed by atoms with van der Waals surface area (Å²) in [6, 6.07) is 21.2. The number of aryl methyl sites for hydroxylation is 1. The molecule has 162 valence electrons. The number of halogens is 1. The Morgan fingerprint density at radius 3 is 2.61 bits per heavy atom. The van der Waals surface area contributed by atoms with Crippen LogP contribution in [-0.2, 0) is 20.1 Å². The molecular weight excluding hydrogens is 419 g/mol. The van der Waals surface area contributed by atoms with Crippen LogP contribution in [0.1, 0.15) is 27.0 Å². The Balaban J connectivity index is 1.37. The number of nitriles is 1. The van der Waals surface area contributed by atoms with Gasteiger partial charge >= 0.3 is 0 Å². The van der Waals surface area contributed by atoms with Gasteiger partial charge in [0.2, 0.25) is 0 Å². The quantitative estimate of drug-likeness (QED) is 0.437. The van der Waals surface area contributed by atoms with Crippen molar-refractivity contribution in [2.75, 3.05) is 0 Å². The van der Waals surface area contributed by atoms with Crippen molar-refractivity contribution in [3.8, 4) is 28.8 Å². The largest absolute Gasteiger partial charge is 0.452 e. The summed E-state index contributed by atoms with van der Waals surface area (Å²) in [7, 11) is 1.87. The molecule has 0 atom stereocenters. The molecule has 0 aliphatic carbocycles. The first-order valence-corrected chi connectivity index (χ1v) is 10.4. The average Bonchev–Trinajstić information content (AvgIpc) is 3.39. The number of ether oxygens (including phenoxy) is 1. The van der Waals surface area contributed by atoms with E-state index in [0.717, 1.165) is 22.4 Å². The van der Waals surface area contributed by atoms with Crippen LogP contribution in [-0.4, -0.2) is 20.6 Å². The highest BCUT2D eigenvalue weighted by molar-refractivity contribution is 6.01. The summed E-state index contributed by atoms with van der Waals surface area (Å²) in [5.74, 6) is -0.775. The summed E-state index contributed by atoms with van der Waals surface area (Å²) in [6.45, 7) is 0.855. The second-order valence-electron chi connectivity index (χ2n) is 7.85. The van der Waals surface area contributed by atoms with E-state index in [9.17, 15) is 14.4 Å². The van der Waals surface area contributed by atoms with E-state index in [2.05, 4.69) is 5.10 Å². The highest BCUT2D eigenvalue weighted by atomic mass is 19.1. The number of para-hydroxylation sites is 1. The molecule has 33 heavy (non-hydrogen) atoms. The second-order valence-corrected chi connectivity index (χ2v) is 7.85. The number of nitrogens with zero attached hydrogens (tertiary/aromatic N) is 4. The lowest BCUT2D eigenvalue weighted by molar-refractivity contribution is 0.0765. The summed E-state index contributed by atoms with van der Waals surface area (Å²) < 4.78 is 21.8. The Hall–Kier alpha value is -4.44. The first kappa shape index (κ1) is 20.5. The third kappa shape index (κ3) is 3.83. The minimum absolute atomic E-state index is 0.0721. The number of carbonyl (C=O) groups is 1. The molecule has 7 heteroatoms. The van der Waals surface area contributed by atoms with Gasteiger partial charge in [0.05, 0.1) is 16.8 Å². The lowest BCUT2D eigenvalue weighted by Crippen LogP contribution is -2.23. The lowest BCUT2D eigenvalue weighted by Gasteiger charge is -2.16. The van der Waals surface area contributed by atoms with Crippen molar-refractivity contribution in [1.29, 1.82) is 5.26 Å². The van der Waals surface area contributed by atoms with Crippen molar-refractivity contribution in [2.24, 2.45) is 7.05 Å². The highest BCUT2D eigenvalue weighted by Crippen LogP contribution is 2.36. The molecule has 4 aromatic rings. The molecule has 0 saturated carbocycles. The van der Waals surface area contributed by atoms with E-state index >= 15 is 0 Å². The van der Waals surface area contributed by atoms with Gasteiger partial charge in [0.25, 0.3) is 5.91 Å². The monoisotopic (exact) mass is 438 g/mol. The molecule has 0 bridgehead atoms. The Labute approximate surface area is 190 Å². The zero-order chi connectivity index (χ0) is 22.9. The summed E-state index contributed by atoms with van der Waals surface area (Å²) in [4.78, 5) is 14.9. The normalized spacial score (nSPS) is 12.5. The maximum atomic E-state index is 14.3. The molecule has 0 unspecified atom stereocenters. The zero-order valence-electron chi connectivity index (χ0n) is 17.8. The molecule has 1 aliphatic rings. The van der Waals surface area contributed by atoms with Gasteiger partial charge in [-0.05, 0) is 35.4 Å². The molecule has 0 saturated heterocycles. The molecule has 5 rings (SSSR count). The van der Waals surface area contributed by atoms with Crippen LogP contribution in [0.4, 0.5) is 4.39 Å². The maximum absolute atomic E-state index is 14.3. The number of amides is 1. The molecule has 1 aromatic heterocycles. The minimum Gasteiger partial charge on any atom is -0.452 e. The molecule has 1 aliphatic heterocycles. The van der Waals surface area contributed by atoms with Gasteiger partial charge in [0, 0.05) is 31.9 Å². The Bertz CT molecular complexity index is 1400. The fourth-order valence-corrected chi connectivity index (χ4v) is 3.98. The number of hydrogen-bond donors (Lipinski definition) is 0. The summed E-state index contributed by atoms with van der Waals surface area (Å²) in [5, 5.41) is 13.7. The van der Waals surface area contributed by atoms with Crippen LogP contribution < -0.4 is 4.74 Å². The second kappa shape index (κ2) is 8.24. The van der Waals surface area contributed by atoms with Crippen molar-refractivity contribution in [1.82, 2.24) is 14.7 Å². The molecule has 0 spiro atoms. The minimum atomic E-state index is -0.651. The van der Waals surface area contributed by atoms with Gasteiger partial charge in [-0.25, -0.2) is 4.39 Å². The molecule has 0 N–H and O–H groups in total. The van der Waals surface area contributed by atoms with E-state index in [0.29, 0.717) is 18.7 Å². The van der Waals surface area contributed by atoms with Crippen molar-refractivity contribution in [3.05, 3.63) is 101 Å². The third-order valence-electron chi connectivity index (χ3n) is 5.61. The van der Waals surface area contributed by atoms with Gasteiger partial charge in [-0.15, -0.1) is 0 Å². The maximum Gasteiger partial charge on any atom is 0.258 e. The summed E-state index contributed by atoms with van der Waals surface area (Å²) in [5.41, 5.74) is 4.15. The van der Waals surface area contributed by atoms with Crippen molar-refractivity contribution >= 4 is 5.91 Å². The van der Waals surface area contributed by atoms with Gasteiger partial charge in [0.15, 0.2) is 11.6 Å². The highest BCUT2D eigenvalue weighted by Gasteiger charge is 2.31. The standard InChI is InChI=1S/C26H19FN4O2/c1-30-13-12-22(29-30)18-10-8-17(9-11-18)15-31-16-20-5-3-7-23(24(20)26(31)32)33-25-19(14-28)4-2-6-21(25)27/h2-13H,15-16H2,1H3. The fraction of sp³-hybridized carbons (Fsp3) is 0.115. The number of fused-ring (bicyclic) bond motifs is 1. The van der Waals surface area contributed by atoms with Gasteiger partial charge in [-0.2, -0.15) is 10.4 Å². The van der Waals surface area contributed by atoms with Gasteiger partial charge < -0.3 is 9.64 Å². The molecule has 0 radical (unpaired) electrons. The summed E-state index contributed by atoms with van der Waals surface area (Å²) in [6.07, 6.45) is 1.89. The summed E-state index contributed by atoms with van der Waals surface area (Å²) >= 11 is 0. The van der Waals surface area contributed by atoms with Crippen molar-refractivity contribution < 1.29 is 13.9 Å². The van der Waals surface area contributed by atoms with Crippen LogP contribution >= 0.6 is 0 Å². The average molecular weight is 438 g/mol. The Morgan fingerprint density at radius 2 is 1.88 bits per heavy atom. The van der Waals surface area contributed by atoms with E-state index in [4.69, 9.17) is 4.74 Å². The number of carbonyl (C=O) groups excluding carboxylic acids is 1. The number of hydrogen-bond acceptors (Lipinski definition) is 4. The predicted octanol–water partition coefficient (Wildman–Crippen LogP) is 5.05. The van der Waals surface area contributed by atoms with E-state index in [1.165, 1.54) is 18.2 Å². The Kier molecular flexibility index (Phi) is 5.11. The zero-order valence-corrected chi connectivity index (χ0v) is 17.8. The number of aromatic nitrogens is 2. The van der Waals surface area contributed by atoms with Crippen LogP contribution in [0.3, 0.4) is 0 Å². The van der Waals surface area contributed by atoms with Crippen LogP contribution in [0.5, 0.6) is 11.5 Å². The molecule has 2 heterocycles. The van der Waals surface area contributed by atoms with Crippen LogP contribution in [0.2, 0.25) is 0 Å².